The lowest BCUT2D eigenvalue weighted by Gasteiger charge is -2.02. The van der Waals surface area contributed by atoms with Gasteiger partial charge >= 0.3 is 11.6 Å². The molecule has 0 aliphatic rings. The SMILES string of the molecule is O=C(O)C=CCc1cc(=O)oc2cc(O)ccc12. The highest BCUT2D eigenvalue weighted by molar-refractivity contribution is 5.82. The van der Waals surface area contributed by atoms with Crippen molar-refractivity contribution >= 4 is 16.9 Å². The molecule has 2 rings (SSSR count). The van der Waals surface area contributed by atoms with Crippen LogP contribution in [0.15, 0.2) is 45.6 Å². The maximum atomic E-state index is 11.3. The highest BCUT2D eigenvalue weighted by Gasteiger charge is 2.05. The van der Waals surface area contributed by atoms with E-state index in [0.717, 1.165) is 6.08 Å². The van der Waals surface area contributed by atoms with Gasteiger partial charge in [-0.25, -0.2) is 9.59 Å². The lowest BCUT2D eigenvalue weighted by molar-refractivity contribution is -0.131. The molecule has 0 spiro atoms. The Balaban J connectivity index is 2.49. The summed E-state index contributed by atoms with van der Waals surface area (Å²) in [5.74, 6) is -1.04. The molecule has 5 nitrogen and oxygen atoms in total. The highest BCUT2D eigenvalue weighted by Crippen LogP contribution is 2.22. The molecule has 0 aliphatic heterocycles. The van der Waals surface area contributed by atoms with Crippen molar-refractivity contribution in [2.45, 2.75) is 6.42 Å². The second kappa shape index (κ2) is 4.75. The number of allylic oxidation sites excluding steroid dienone is 1. The van der Waals surface area contributed by atoms with Crippen LogP contribution >= 0.6 is 0 Å². The van der Waals surface area contributed by atoms with E-state index in [1.54, 1.807) is 6.07 Å². The summed E-state index contributed by atoms with van der Waals surface area (Å²) >= 11 is 0. The molecule has 0 saturated heterocycles. The molecule has 1 heterocycles. The van der Waals surface area contributed by atoms with Gasteiger partial charge in [0.15, 0.2) is 0 Å². The van der Waals surface area contributed by atoms with E-state index in [2.05, 4.69) is 0 Å². The number of aromatic hydroxyl groups is 1. The van der Waals surface area contributed by atoms with Crippen LogP contribution in [-0.2, 0) is 11.2 Å². The van der Waals surface area contributed by atoms with Crippen LogP contribution in [0.25, 0.3) is 11.0 Å². The highest BCUT2D eigenvalue weighted by atomic mass is 16.4. The van der Waals surface area contributed by atoms with Crippen LogP contribution in [0.3, 0.4) is 0 Å². The molecule has 18 heavy (non-hydrogen) atoms. The number of carboxylic acids is 1. The molecule has 0 atom stereocenters. The van der Waals surface area contributed by atoms with Gasteiger partial charge in [0.05, 0.1) is 0 Å². The number of carbonyl (C=O) groups is 1. The van der Waals surface area contributed by atoms with Crippen molar-refractivity contribution in [3.8, 4) is 5.75 Å². The summed E-state index contributed by atoms with van der Waals surface area (Å²) in [5, 5.41) is 18.5. The van der Waals surface area contributed by atoms with Gasteiger partial charge in [0, 0.05) is 23.6 Å². The molecule has 0 radical (unpaired) electrons. The minimum Gasteiger partial charge on any atom is -0.508 e. The van der Waals surface area contributed by atoms with Gasteiger partial charge in [-0.1, -0.05) is 6.08 Å². The Kier molecular flexibility index (Phi) is 3.14. The topological polar surface area (TPSA) is 87.7 Å². The van der Waals surface area contributed by atoms with Crippen molar-refractivity contribution in [1.29, 1.82) is 0 Å². The van der Waals surface area contributed by atoms with Gasteiger partial charge in [0.25, 0.3) is 0 Å². The van der Waals surface area contributed by atoms with Crippen LogP contribution in [0.4, 0.5) is 0 Å². The molecule has 2 aromatic rings. The van der Waals surface area contributed by atoms with Gasteiger partial charge in [-0.3, -0.25) is 0 Å². The van der Waals surface area contributed by atoms with Crippen molar-refractivity contribution < 1.29 is 19.4 Å². The zero-order valence-corrected chi connectivity index (χ0v) is 9.29. The lowest BCUT2D eigenvalue weighted by Crippen LogP contribution is -2.00. The van der Waals surface area contributed by atoms with Crippen LogP contribution in [0.2, 0.25) is 0 Å². The fraction of sp³-hybridized carbons (Fsp3) is 0.0769. The standard InChI is InChI=1S/C13H10O5/c14-9-4-5-10-8(2-1-3-12(15)16)6-13(17)18-11(10)7-9/h1,3-7,14H,2H2,(H,15,16). The van der Waals surface area contributed by atoms with Gasteiger partial charge in [-0.2, -0.15) is 0 Å². The quantitative estimate of drug-likeness (QED) is 0.635. The number of hydrogen-bond acceptors (Lipinski definition) is 4. The Bertz CT molecular complexity index is 681. The van der Waals surface area contributed by atoms with Crippen molar-refractivity contribution in [2.24, 2.45) is 0 Å². The molecule has 1 aromatic heterocycles. The molecule has 0 fully saturated rings. The van der Waals surface area contributed by atoms with E-state index in [1.165, 1.54) is 24.3 Å². The molecule has 1 aromatic carbocycles. The third-order valence-electron chi connectivity index (χ3n) is 2.41. The maximum absolute atomic E-state index is 11.3. The van der Waals surface area contributed by atoms with E-state index in [1.807, 2.05) is 0 Å². The molecule has 0 saturated carbocycles. The third-order valence-corrected chi connectivity index (χ3v) is 2.41. The van der Waals surface area contributed by atoms with Crippen LogP contribution in [0.1, 0.15) is 5.56 Å². The molecule has 5 heteroatoms. The predicted molar refractivity (Wildman–Crippen MR) is 64.6 cm³/mol. The number of benzene rings is 1. The number of aliphatic carboxylic acids is 1. The molecule has 0 amide bonds. The van der Waals surface area contributed by atoms with Crippen molar-refractivity contribution in [1.82, 2.24) is 0 Å². The molecular weight excluding hydrogens is 236 g/mol. The first-order valence-electron chi connectivity index (χ1n) is 5.21. The number of hydrogen-bond donors (Lipinski definition) is 2. The van der Waals surface area contributed by atoms with E-state index in [-0.39, 0.29) is 11.3 Å². The van der Waals surface area contributed by atoms with Crippen LogP contribution in [-0.4, -0.2) is 16.2 Å². The minimum absolute atomic E-state index is 0.00359. The summed E-state index contributed by atoms with van der Waals surface area (Å²) < 4.78 is 4.95. The van der Waals surface area contributed by atoms with Crippen molar-refractivity contribution in [3.63, 3.8) is 0 Å². The Morgan fingerprint density at radius 1 is 1.33 bits per heavy atom. The van der Waals surface area contributed by atoms with E-state index in [0.29, 0.717) is 17.4 Å². The molecule has 2 N–H and O–H groups in total. The fourth-order valence-corrected chi connectivity index (χ4v) is 1.67. The Labute approximate surface area is 102 Å². The predicted octanol–water partition coefficient (Wildman–Crippen LogP) is 1.68. The average molecular weight is 246 g/mol. The summed E-state index contributed by atoms with van der Waals surface area (Å²) in [4.78, 5) is 21.7. The zero-order valence-electron chi connectivity index (χ0n) is 9.29. The smallest absolute Gasteiger partial charge is 0.336 e. The largest absolute Gasteiger partial charge is 0.508 e. The first-order valence-corrected chi connectivity index (χ1v) is 5.21. The van der Waals surface area contributed by atoms with E-state index in [4.69, 9.17) is 9.52 Å². The Morgan fingerprint density at radius 2 is 2.11 bits per heavy atom. The second-order valence-corrected chi connectivity index (χ2v) is 3.72. The van der Waals surface area contributed by atoms with E-state index >= 15 is 0 Å². The fourth-order valence-electron chi connectivity index (χ4n) is 1.67. The first kappa shape index (κ1) is 11.9. The summed E-state index contributed by atoms with van der Waals surface area (Å²) in [5.41, 5.74) is 0.395. The second-order valence-electron chi connectivity index (χ2n) is 3.72. The molecule has 0 unspecified atom stereocenters. The van der Waals surface area contributed by atoms with Gasteiger partial charge in [-0.05, 0) is 24.1 Å². The lowest BCUT2D eigenvalue weighted by atomic mass is 10.1. The van der Waals surface area contributed by atoms with Crippen LogP contribution in [0, 0.1) is 0 Å². The van der Waals surface area contributed by atoms with E-state index in [9.17, 15) is 14.7 Å². The summed E-state index contributed by atoms with van der Waals surface area (Å²) in [6, 6.07) is 5.76. The summed E-state index contributed by atoms with van der Waals surface area (Å²) in [6.07, 6.45) is 2.77. The monoisotopic (exact) mass is 246 g/mol. The summed E-state index contributed by atoms with van der Waals surface area (Å²) in [7, 11) is 0. The van der Waals surface area contributed by atoms with E-state index < -0.39 is 11.6 Å². The van der Waals surface area contributed by atoms with Crippen molar-refractivity contribution in [2.75, 3.05) is 0 Å². The number of fused-ring (bicyclic) bond motifs is 1. The van der Waals surface area contributed by atoms with Crippen LogP contribution in [0.5, 0.6) is 5.75 Å². The Morgan fingerprint density at radius 3 is 2.83 bits per heavy atom. The van der Waals surface area contributed by atoms with Crippen molar-refractivity contribution in [3.05, 3.63) is 52.4 Å². The number of phenolic OH excluding ortho intramolecular Hbond substituents is 1. The number of phenols is 1. The maximum Gasteiger partial charge on any atom is 0.336 e. The zero-order chi connectivity index (χ0) is 13.1. The van der Waals surface area contributed by atoms with Gasteiger partial charge in [-0.15, -0.1) is 0 Å². The normalized spacial score (nSPS) is 11.1. The van der Waals surface area contributed by atoms with Gasteiger partial charge < -0.3 is 14.6 Å². The number of rotatable bonds is 3. The molecular formula is C13H10O5. The van der Waals surface area contributed by atoms with Crippen LogP contribution < -0.4 is 5.63 Å². The number of carboxylic acid groups (broad SMARTS) is 1. The summed E-state index contributed by atoms with van der Waals surface area (Å²) in [6.45, 7) is 0. The first-order chi connectivity index (χ1) is 8.56. The minimum atomic E-state index is -1.04. The molecule has 0 aliphatic carbocycles. The molecule has 92 valence electrons. The Hall–Kier alpha value is -2.56. The van der Waals surface area contributed by atoms with Gasteiger partial charge in [0.1, 0.15) is 11.3 Å². The van der Waals surface area contributed by atoms with Gasteiger partial charge in [0.2, 0.25) is 0 Å². The third kappa shape index (κ3) is 2.57. The molecule has 0 bridgehead atoms. The average Bonchev–Trinajstić information content (AvgIpc) is 2.27.